The Morgan fingerprint density at radius 1 is 1.15 bits per heavy atom. The summed E-state index contributed by atoms with van der Waals surface area (Å²) in [6.07, 6.45) is 0.302. The number of thiocarbonyl (C=S) groups is 1. The van der Waals surface area contributed by atoms with Crippen molar-refractivity contribution in [3.8, 4) is 0 Å². The highest BCUT2D eigenvalue weighted by atomic mass is 32.1. The van der Waals surface area contributed by atoms with Crippen LogP contribution in [0, 0.1) is 0 Å². The van der Waals surface area contributed by atoms with Crippen LogP contribution in [0.3, 0.4) is 0 Å². The van der Waals surface area contributed by atoms with Crippen LogP contribution in [-0.2, 0) is 11.2 Å². The summed E-state index contributed by atoms with van der Waals surface area (Å²) in [4.78, 5) is 12.2. The Morgan fingerprint density at radius 2 is 1.75 bits per heavy atom. The Balaban J connectivity index is 2.15. The number of amides is 1. The van der Waals surface area contributed by atoms with Gasteiger partial charge >= 0.3 is 6.09 Å². The van der Waals surface area contributed by atoms with Gasteiger partial charge in [0.2, 0.25) is 0 Å². The van der Waals surface area contributed by atoms with Gasteiger partial charge in [0.05, 0.1) is 4.99 Å². The van der Waals surface area contributed by atoms with Gasteiger partial charge < -0.3 is 15.4 Å². The highest BCUT2D eigenvalue weighted by Gasteiger charge is 2.15. The van der Waals surface area contributed by atoms with Crippen molar-refractivity contribution >= 4 is 23.3 Å². The van der Waals surface area contributed by atoms with Crippen LogP contribution in [0.5, 0.6) is 0 Å². The molecule has 0 fully saturated rings. The molecule has 1 aromatic carbocycles. The summed E-state index contributed by atoms with van der Waals surface area (Å²) in [5, 5.41) is 5.79. The third kappa shape index (κ3) is 7.74. The van der Waals surface area contributed by atoms with E-state index >= 15 is 0 Å². The van der Waals surface area contributed by atoms with Crippen molar-refractivity contribution in [3.05, 3.63) is 35.9 Å². The van der Waals surface area contributed by atoms with Gasteiger partial charge in [0.15, 0.2) is 0 Å². The van der Waals surface area contributed by atoms with Crippen molar-refractivity contribution in [2.45, 2.75) is 32.8 Å². The normalized spacial score (nSPS) is 10.8. The number of carbonyl (C=O) groups is 1. The first kappa shape index (κ1) is 16.4. The maximum absolute atomic E-state index is 11.4. The molecule has 110 valence electrons. The second-order valence-electron chi connectivity index (χ2n) is 5.44. The number of benzene rings is 1. The van der Waals surface area contributed by atoms with Crippen molar-refractivity contribution in [1.82, 2.24) is 10.6 Å². The Kier molecular flexibility index (Phi) is 6.45. The van der Waals surface area contributed by atoms with Crippen molar-refractivity contribution in [2.75, 3.05) is 13.1 Å². The van der Waals surface area contributed by atoms with Crippen LogP contribution in [0.25, 0.3) is 0 Å². The van der Waals surface area contributed by atoms with Crippen LogP contribution in [0.2, 0.25) is 0 Å². The molecule has 2 N–H and O–H groups in total. The first-order valence-electron chi connectivity index (χ1n) is 6.64. The smallest absolute Gasteiger partial charge is 0.407 e. The molecule has 0 spiro atoms. The lowest BCUT2D eigenvalue weighted by atomic mass is 10.1. The molecule has 1 rings (SSSR count). The minimum absolute atomic E-state index is 0.409. The fourth-order valence-electron chi connectivity index (χ4n) is 1.52. The number of carbonyl (C=O) groups excluding carboxylic acids is 1. The Labute approximate surface area is 125 Å². The zero-order valence-electron chi connectivity index (χ0n) is 12.2. The van der Waals surface area contributed by atoms with E-state index in [4.69, 9.17) is 17.0 Å². The van der Waals surface area contributed by atoms with Gasteiger partial charge in [-0.2, -0.15) is 0 Å². The van der Waals surface area contributed by atoms with E-state index in [1.807, 2.05) is 51.1 Å². The summed E-state index contributed by atoms with van der Waals surface area (Å²) in [7, 11) is 0. The molecule has 0 radical (unpaired) electrons. The van der Waals surface area contributed by atoms with Crippen LogP contribution in [0.1, 0.15) is 26.3 Å². The Bertz CT molecular complexity index is 441. The fourth-order valence-corrected chi connectivity index (χ4v) is 1.79. The molecule has 0 aromatic heterocycles. The number of hydrogen-bond acceptors (Lipinski definition) is 3. The summed E-state index contributed by atoms with van der Waals surface area (Å²) in [5.74, 6) is 0. The van der Waals surface area contributed by atoms with Crippen LogP contribution in [0.4, 0.5) is 4.79 Å². The topological polar surface area (TPSA) is 50.4 Å². The van der Waals surface area contributed by atoms with Crippen molar-refractivity contribution in [3.63, 3.8) is 0 Å². The highest BCUT2D eigenvalue weighted by molar-refractivity contribution is 7.80. The number of nitrogens with one attached hydrogen (secondary N) is 2. The van der Waals surface area contributed by atoms with E-state index in [9.17, 15) is 4.79 Å². The molecule has 1 aromatic rings. The van der Waals surface area contributed by atoms with Crippen molar-refractivity contribution in [1.29, 1.82) is 0 Å². The molecule has 0 atom stereocenters. The van der Waals surface area contributed by atoms with Crippen LogP contribution >= 0.6 is 12.2 Å². The largest absolute Gasteiger partial charge is 0.444 e. The Morgan fingerprint density at radius 3 is 2.35 bits per heavy atom. The average Bonchev–Trinajstić information content (AvgIpc) is 2.34. The summed E-state index contributed by atoms with van der Waals surface area (Å²) in [6, 6.07) is 10.0. The lowest BCUT2D eigenvalue weighted by molar-refractivity contribution is 0.0529. The number of alkyl carbamates (subject to hydrolysis) is 1. The van der Waals surface area contributed by atoms with Gasteiger partial charge in [-0.3, -0.25) is 0 Å². The predicted octanol–water partition coefficient (Wildman–Crippen LogP) is 2.67. The quantitative estimate of drug-likeness (QED) is 0.647. The number of rotatable bonds is 5. The molecule has 0 aliphatic carbocycles. The second-order valence-corrected chi connectivity index (χ2v) is 5.93. The summed E-state index contributed by atoms with van der Waals surface area (Å²) in [5.41, 5.74) is 0.699. The third-order valence-electron chi connectivity index (χ3n) is 2.32. The molecule has 0 aliphatic rings. The average molecular weight is 294 g/mol. The standard InChI is InChI=1S/C15H22N2O2S/c1-15(2,3)19-14(18)17-10-9-16-13(20)11-12-7-5-4-6-8-12/h4-8H,9-11H2,1-3H3,(H,16,20)(H,17,18). The van der Waals surface area contributed by atoms with Gasteiger partial charge in [-0.25, -0.2) is 4.79 Å². The fraction of sp³-hybridized carbons (Fsp3) is 0.467. The van der Waals surface area contributed by atoms with E-state index < -0.39 is 11.7 Å². The minimum atomic E-state index is -0.472. The molecule has 4 nitrogen and oxygen atoms in total. The third-order valence-corrected chi connectivity index (χ3v) is 2.61. The molecule has 0 saturated carbocycles. The van der Waals surface area contributed by atoms with Crippen LogP contribution in [-0.4, -0.2) is 29.8 Å². The molecule has 0 heterocycles. The molecule has 0 saturated heterocycles. The molecule has 0 unspecified atom stereocenters. The highest BCUT2D eigenvalue weighted by Crippen LogP contribution is 2.06. The first-order valence-corrected chi connectivity index (χ1v) is 7.05. The van der Waals surface area contributed by atoms with Gasteiger partial charge in [0.25, 0.3) is 0 Å². The lowest BCUT2D eigenvalue weighted by Crippen LogP contribution is -2.37. The van der Waals surface area contributed by atoms with Gasteiger partial charge in [-0.1, -0.05) is 42.5 Å². The van der Waals surface area contributed by atoms with E-state index in [1.54, 1.807) is 0 Å². The lowest BCUT2D eigenvalue weighted by Gasteiger charge is -2.19. The van der Waals surface area contributed by atoms with Gasteiger partial charge in [-0.15, -0.1) is 0 Å². The van der Waals surface area contributed by atoms with E-state index in [0.29, 0.717) is 19.5 Å². The summed E-state index contributed by atoms with van der Waals surface area (Å²) >= 11 is 5.25. The molecule has 20 heavy (non-hydrogen) atoms. The first-order chi connectivity index (χ1) is 9.37. The van der Waals surface area contributed by atoms with Crippen molar-refractivity contribution < 1.29 is 9.53 Å². The maximum Gasteiger partial charge on any atom is 0.407 e. The molecule has 0 bridgehead atoms. The molecular weight excluding hydrogens is 272 g/mol. The predicted molar refractivity (Wildman–Crippen MR) is 85.0 cm³/mol. The Hall–Kier alpha value is -1.62. The summed E-state index contributed by atoms with van der Waals surface area (Å²) < 4.78 is 5.13. The van der Waals surface area contributed by atoms with E-state index in [1.165, 1.54) is 5.56 Å². The van der Waals surface area contributed by atoms with E-state index in [-0.39, 0.29) is 0 Å². The summed E-state index contributed by atoms with van der Waals surface area (Å²) in [6.45, 7) is 6.56. The van der Waals surface area contributed by atoms with Crippen LogP contribution < -0.4 is 10.6 Å². The molecular formula is C15H22N2O2S. The molecule has 1 amide bonds. The number of hydrogen-bond donors (Lipinski definition) is 2. The van der Waals surface area contributed by atoms with Gasteiger partial charge in [0, 0.05) is 19.5 Å². The zero-order chi connectivity index (χ0) is 15.0. The zero-order valence-corrected chi connectivity index (χ0v) is 13.0. The monoisotopic (exact) mass is 294 g/mol. The van der Waals surface area contributed by atoms with Crippen molar-refractivity contribution in [2.24, 2.45) is 0 Å². The number of ether oxygens (including phenoxy) is 1. The molecule has 5 heteroatoms. The van der Waals surface area contributed by atoms with E-state index in [2.05, 4.69) is 10.6 Å². The molecule has 0 aliphatic heterocycles. The minimum Gasteiger partial charge on any atom is -0.444 e. The van der Waals surface area contributed by atoms with E-state index in [0.717, 1.165) is 4.99 Å². The second kappa shape index (κ2) is 7.85. The van der Waals surface area contributed by atoms with Gasteiger partial charge in [0.1, 0.15) is 5.60 Å². The van der Waals surface area contributed by atoms with Crippen LogP contribution in [0.15, 0.2) is 30.3 Å². The SMILES string of the molecule is CC(C)(C)OC(=O)NCCNC(=S)Cc1ccccc1. The maximum atomic E-state index is 11.4. The van der Waals surface area contributed by atoms with Gasteiger partial charge in [-0.05, 0) is 26.3 Å².